The molecule has 0 spiro atoms. The van der Waals surface area contributed by atoms with Crippen LogP contribution in [0.15, 0.2) is 66.3 Å². The van der Waals surface area contributed by atoms with E-state index in [-0.39, 0.29) is 17.1 Å². The monoisotopic (exact) mass is 462 g/mol. The van der Waals surface area contributed by atoms with E-state index in [1.165, 1.54) is 22.9 Å². The topological polar surface area (TPSA) is 59.8 Å². The Kier molecular flexibility index (Phi) is 8.14. The Balaban J connectivity index is 1.68. The van der Waals surface area contributed by atoms with Crippen molar-refractivity contribution in [3.05, 3.63) is 72.3 Å². The van der Waals surface area contributed by atoms with Crippen molar-refractivity contribution in [2.45, 2.75) is 64.1 Å². The summed E-state index contributed by atoms with van der Waals surface area (Å²) in [7, 11) is 0. The Morgan fingerprint density at radius 1 is 1.12 bits per heavy atom. The number of benzene rings is 2. The van der Waals surface area contributed by atoms with Crippen LogP contribution in [0.5, 0.6) is 0 Å². The normalized spacial score (nSPS) is 12.4. The molecule has 1 N–H and O–H groups in total. The number of amides is 1. The third-order valence-electron chi connectivity index (χ3n) is 5.75. The maximum atomic E-state index is 12.5. The number of nitrogens with one attached hydrogen (secondary N) is 1. The van der Waals surface area contributed by atoms with E-state index in [1.54, 1.807) is 0 Å². The molecule has 1 amide bonds. The van der Waals surface area contributed by atoms with Crippen molar-refractivity contribution < 1.29 is 4.79 Å². The molecule has 0 aliphatic rings. The maximum absolute atomic E-state index is 12.5. The number of hydrogen-bond acceptors (Lipinski definition) is 4. The molecular formula is C27H34N4OS. The van der Waals surface area contributed by atoms with Crippen LogP contribution in [-0.2, 0) is 16.8 Å². The molecule has 0 radical (unpaired) electrons. The first kappa shape index (κ1) is 24.8. The fourth-order valence-corrected chi connectivity index (χ4v) is 4.23. The molecule has 0 fully saturated rings. The first-order valence-electron chi connectivity index (χ1n) is 11.4. The van der Waals surface area contributed by atoms with Crippen molar-refractivity contribution in [2.75, 3.05) is 11.1 Å². The molecule has 5 nitrogen and oxygen atoms in total. The van der Waals surface area contributed by atoms with Crippen LogP contribution in [0.2, 0.25) is 0 Å². The molecule has 174 valence electrons. The number of hydrogen-bond donors (Lipinski definition) is 1. The van der Waals surface area contributed by atoms with Crippen molar-refractivity contribution in [1.29, 1.82) is 0 Å². The smallest absolute Gasteiger partial charge is 0.234 e. The molecule has 0 saturated heterocycles. The summed E-state index contributed by atoms with van der Waals surface area (Å²) >= 11 is 1.38. The Morgan fingerprint density at radius 2 is 1.79 bits per heavy atom. The average molecular weight is 463 g/mol. The number of anilines is 1. The minimum Gasteiger partial charge on any atom is -0.325 e. The van der Waals surface area contributed by atoms with Crippen molar-refractivity contribution in [3.63, 3.8) is 0 Å². The summed E-state index contributed by atoms with van der Waals surface area (Å²) in [5.41, 5.74) is 4.45. The summed E-state index contributed by atoms with van der Waals surface area (Å²) in [6.45, 7) is 15.4. The van der Waals surface area contributed by atoms with Crippen LogP contribution in [-0.4, -0.2) is 26.4 Å². The van der Waals surface area contributed by atoms with Crippen LogP contribution in [0.3, 0.4) is 0 Å². The van der Waals surface area contributed by atoms with Crippen molar-refractivity contribution in [2.24, 2.45) is 0 Å². The van der Waals surface area contributed by atoms with Crippen molar-refractivity contribution in [1.82, 2.24) is 14.8 Å². The van der Waals surface area contributed by atoms with Gasteiger partial charge in [0.1, 0.15) is 0 Å². The number of carbonyl (C=O) groups excluding carboxylic acids is 1. The van der Waals surface area contributed by atoms with Gasteiger partial charge in [0.25, 0.3) is 0 Å². The highest BCUT2D eigenvalue weighted by Crippen LogP contribution is 2.28. The highest BCUT2D eigenvalue weighted by molar-refractivity contribution is 7.99. The first-order valence-corrected chi connectivity index (χ1v) is 12.4. The Hall–Kier alpha value is -2.86. The van der Waals surface area contributed by atoms with Gasteiger partial charge in [0.2, 0.25) is 5.91 Å². The fraction of sp³-hybridized carbons (Fsp3) is 0.370. The first-order chi connectivity index (χ1) is 15.7. The minimum absolute atomic E-state index is 0.0690. The van der Waals surface area contributed by atoms with Crippen LogP contribution >= 0.6 is 11.8 Å². The van der Waals surface area contributed by atoms with Gasteiger partial charge in [-0.25, -0.2) is 0 Å². The number of carbonyl (C=O) groups is 1. The minimum atomic E-state index is -0.0690. The Bertz CT molecular complexity index is 1080. The van der Waals surface area contributed by atoms with Gasteiger partial charge in [-0.05, 0) is 41.0 Å². The van der Waals surface area contributed by atoms with E-state index < -0.39 is 0 Å². The largest absolute Gasteiger partial charge is 0.325 e. The van der Waals surface area contributed by atoms with Crippen LogP contribution in [0.25, 0.3) is 11.4 Å². The number of nitrogens with zero attached hydrogens (tertiary/aromatic N) is 3. The third-order valence-corrected chi connectivity index (χ3v) is 6.71. The van der Waals surface area contributed by atoms with Gasteiger partial charge < -0.3 is 5.32 Å². The van der Waals surface area contributed by atoms with Gasteiger partial charge >= 0.3 is 0 Å². The van der Waals surface area contributed by atoms with Crippen LogP contribution in [0.1, 0.15) is 58.1 Å². The van der Waals surface area contributed by atoms with Gasteiger partial charge in [0.05, 0.1) is 5.75 Å². The second-order valence-corrected chi connectivity index (χ2v) is 10.2. The number of aromatic nitrogens is 3. The molecular weight excluding hydrogens is 428 g/mol. The molecule has 0 aliphatic carbocycles. The second-order valence-electron chi connectivity index (χ2n) is 9.30. The van der Waals surface area contributed by atoms with Gasteiger partial charge in [-0.1, -0.05) is 88.9 Å². The summed E-state index contributed by atoms with van der Waals surface area (Å²) in [6, 6.07) is 16.5. The van der Waals surface area contributed by atoms with Gasteiger partial charge in [0.15, 0.2) is 11.0 Å². The molecule has 3 rings (SSSR count). The van der Waals surface area contributed by atoms with E-state index >= 15 is 0 Å². The number of thioether (sulfide) groups is 1. The highest BCUT2D eigenvalue weighted by atomic mass is 32.2. The Labute approximate surface area is 201 Å². The van der Waals surface area contributed by atoms with E-state index in [9.17, 15) is 4.79 Å². The molecule has 33 heavy (non-hydrogen) atoms. The molecule has 2 aromatic carbocycles. The van der Waals surface area contributed by atoms with Crippen LogP contribution in [0.4, 0.5) is 5.69 Å². The maximum Gasteiger partial charge on any atom is 0.234 e. The zero-order chi connectivity index (χ0) is 24.0. The molecule has 0 saturated carbocycles. The predicted molar refractivity (Wildman–Crippen MR) is 139 cm³/mol. The predicted octanol–water partition coefficient (Wildman–Crippen LogP) is 6.67. The van der Waals surface area contributed by atoms with Gasteiger partial charge in [-0.3, -0.25) is 9.36 Å². The summed E-state index contributed by atoms with van der Waals surface area (Å²) in [5.74, 6) is 1.48. The zero-order valence-electron chi connectivity index (χ0n) is 20.3. The van der Waals surface area contributed by atoms with E-state index in [4.69, 9.17) is 0 Å². The lowest BCUT2D eigenvalue weighted by Gasteiger charge is -2.19. The molecule has 0 bridgehead atoms. The SMILES string of the molecule is C=CCn1c(SCC(=O)Nc2ccc(C(C)CC)cc2)nnc1-c1ccc(C(C)(C)C)cc1. The molecule has 1 aromatic heterocycles. The number of allylic oxidation sites excluding steroid dienone is 1. The lowest BCUT2D eigenvalue weighted by molar-refractivity contribution is -0.113. The lowest BCUT2D eigenvalue weighted by atomic mass is 9.87. The summed E-state index contributed by atoms with van der Waals surface area (Å²) in [6.07, 6.45) is 2.91. The van der Waals surface area contributed by atoms with Gasteiger partial charge in [0, 0.05) is 17.8 Å². The quantitative estimate of drug-likeness (QED) is 0.285. The summed E-state index contributed by atoms with van der Waals surface area (Å²) in [5, 5.41) is 12.4. The van der Waals surface area contributed by atoms with Crippen LogP contribution in [0, 0.1) is 0 Å². The zero-order valence-corrected chi connectivity index (χ0v) is 21.1. The second kappa shape index (κ2) is 10.8. The Morgan fingerprint density at radius 3 is 2.36 bits per heavy atom. The lowest BCUT2D eigenvalue weighted by Crippen LogP contribution is -2.14. The fourth-order valence-electron chi connectivity index (χ4n) is 3.48. The summed E-state index contributed by atoms with van der Waals surface area (Å²) < 4.78 is 2.00. The van der Waals surface area contributed by atoms with Gasteiger partial charge in [-0.2, -0.15) is 0 Å². The van der Waals surface area contributed by atoms with E-state index in [2.05, 4.69) is 93.1 Å². The molecule has 0 aliphatic heterocycles. The molecule has 1 heterocycles. The molecule has 1 atom stereocenters. The van der Waals surface area contributed by atoms with Crippen molar-refractivity contribution in [3.8, 4) is 11.4 Å². The average Bonchev–Trinajstić information content (AvgIpc) is 3.20. The van der Waals surface area contributed by atoms with E-state index in [1.807, 2.05) is 22.8 Å². The van der Waals surface area contributed by atoms with Gasteiger partial charge in [-0.15, -0.1) is 16.8 Å². The molecule has 1 unspecified atom stereocenters. The standard InChI is InChI=1S/C27H34N4OS/c1-7-17-31-25(21-9-13-22(14-10-21)27(4,5)6)29-30-26(31)33-18-24(32)28-23-15-11-20(12-16-23)19(3)8-2/h7,9-16,19H,1,8,17-18H2,2-6H3,(H,28,32). The van der Waals surface area contributed by atoms with E-state index in [0.717, 1.165) is 23.5 Å². The van der Waals surface area contributed by atoms with Crippen molar-refractivity contribution >= 4 is 23.4 Å². The molecule has 6 heteroatoms. The highest BCUT2D eigenvalue weighted by Gasteiger charge is 2.17. The number of rotatable bonds is 9. The van der Waals surface area contributed by atoms with E-state index in [0.29, 0.717) is 17.6 Å². The summed E-state index contributed by atoms with van der Waals surface area (Å²) in [4.78, 5) is 12.5. The molecule has 3 aromatic rings. The van der Waals surface area contributed by atoms with Crippen LogP contribution < -0.4 is 5.32 Å². The third kappa shape index (κ3) is 6.35.